The molecule has 4 heteroatoms. The molecule has 0 spiro atoms. The Morgan fingerprint density at radius 2 is 2.14 bits per heavy atom. The maximum absolute atomic E-state index is 5.85. The van der Waals surface area contributed by atoms with Crippen LogP contribution >= 0.6 is 0 Å². The predicted octanol–water partition coefficient (Wildman–Crippen LogP) is 2.58. The summed E-state index contributed by atoms with van der Waals surface area (Å²) in [6, 6.07) is 4.49. The Labute approximate surface area is 126 Å². The van der Waals surface area contributed by atoms with Crippen LogP contribution in [0.2, 0.25) is 0 Å². The number of nitrogens with two attached hydrogens (primary N) is 1. The second kappa shape index (κ2) is 5.45. The smallest absolute Gasteiger partial charge is 0.145 e. The molecule has 0 amide bonds. The summed E-state index contributed by atoms with van der Waals surface area (Å²) in [6.07, 6.45) is 3.69. The lowest BCUT2D eigenvalue weighted by atomic mass is 9.92. The fraction of sp³-hybridized carbons (Fsp3) is 0.412. The Morgan fingerprint density at radius 3 is 2.90 bits per heavy atom. The standard InChI is InChI=1S/C17H22N4/c1-4-15-17(18)19-9-16(20-15)13-7-11(2)14-10-21(3)6-5-12(14)8-13/h7-9H,4-6,10H2,1-3H3,(H2,18,19). The van der Waals surface area contributed by atoms with E-state index in [9.17, 15) is 0 Å². The zero-order valence-electron chi connectivity index (χ0n) is 13.0. The monoisotopic (exact) mass is 282 g/mol. The molecular weight excluding hydrogens is 260 g/mol. The predicted molar refractivity (Wildman–Crippen MR) is 86.0 cm³/mol. The van der Waals surface area contributed by atoms with Gasteiger partial charge in [-0.1, -0.05) is 6.92 Å². The number of hydrogen-bond donors (Lipinski definition) is 1. The van der Waals surface area contributed by atoms with Gasteiger partial charge in [-0.05, 0) is 55.6 Å². The van der Waals surface area contributed by atoms with E-state index in [1.54, 1.807) is 6.20 Å². The summed E-state index contributed by atoms with van der Waals surface area (Å²) >= 11 is 0. The number of likely N-dealkylation sites (N-methyl/N-ethyl adjacent to an activating group) is 1. The van der Waals surface area contributed by atoms with Crippen molar-refractivity contribution in [3.05, 3.63) is 40.7 Å². The maximum atomic E-state index is 5.85. The van der Waals surface area contributed by atoms with Crippen molar-refractivity contribution in [2.75, 3.05) is 19.3 Å². The van der Waals surface area contributed by atoms with Crippen molar-refractivity contribution in [1.82, 2.24) is 14.9 Å². The molecule has 1 aromatic heterocycles. The van der Waals surface area contributed by atoms with Gasteiger partial charge in [0.25, 0.3) is 0 Å². The van der Waals surface area contributed by atoms with Crippen LogP contribution in [0.3, 0.4) is 0 Å². The van der Waals surface area contributed by atoms with Gasteiger partial charge in [0.2, 0.25) is 0 Å². The number of hydrogen-bond acceptors (Lipinski definition) is 4. The number of nitrogen functional groups attached to an aromatic ring is 1. The third kappa shape index (κ3) is 2.63. The summed E-state index contributed by atoms with van der Waals surface area (Å²) < 4.78 is 0. The molecule has 2 heterocycles. The molecule has 21 heavy (non-hydrogen) atoms. The SMILES string of the molecule is CCc1nc(-c2cc(C)c3c(c2)CCN(C)C3)cnc1N. The zero-order valence-corrected chi connectivity index (χ0v) is 13.0. The topological polar surface area (TPSA) is 55.0 Å². The lowest BCUT2D eigenvalue weighted by Crippen LogP contribution is -2.27. The van der Waals surface area contributed by atoms with E-state index in [-0.39, 0.29) is 0 Å². The lowest BCUT2D eigenvalue weighted by molar-refractivity contribution is 0.312. The zero-order chi connectivity index (χ0) is 15.0. The van der Waals surface area contributed by atoms with E-state index < -0.39 is 0 Å². The molecule has 0 atom stereocenters. The molecule has 1 aromatic carbocycles. The van der Waals surface area contributed by atoms with Gasteiger partial charge in [0.1, 0.15) is 5.82 Å². The van der Waals surface area contributed by atoms with Crippen molar-refractivity contribution in [2.24, 2.45) is 0 Å². The molecule has 110 valence electrons. The van der Waals surface area contributed by atoms with Gasteiger partial charge < -0.3 is 10.6 Å². The third-order valence-corrected chi connectivity index (χ3v) is 4.26. The number of anilines is 1. The maximum Gasteiger partial charge on any atom is 0.145 e. The fourth-order valence-electron chi connectivity index (χ4n) is 2.98. The van der Waals surface area contributed by atoms with Gasteiger partial charge in [0.15, 0.2) is 0 Å². The van der Waals surface area contributed by atoms with E-state index in [1.807, 2.05) is 0 Å². The fourth-order valence-corrected chi connectivity index (χ4v) is 2.98. The Morgan fingerprint density at radius 1 is 1.33 bits per heavy atom. The first-order chi connectivity index (χ1) is 10.1. The van der Waals surface area contributed by atoms with Crippen molar-refractivity contribution in [2.45, 2.75) is 33.2 Å². The van der Waals surface area contributed by atoms with Crippen LogP contribution in [0.4, 0.5) is 5.82 Å². The third-order valence-electron chi connectivity index (χ3n) is 4.26. The molecular formula is C17H22N4. The minimum atomic E-state index is 0.539. The summed E-state index contributed by atoms with van der Waals surface area (Å²) in [6.45, 7) is 6.39. The number of benzene rings is 1. The van der Waals surface area contributed by atoms with Crippen LogP contribution in [0.1, 0.15) is 29.3 Å². The highest BCUT2D eigenvalue weighted by molar-refractivity contribution is 5.63. The number of rotatable bonds is 2. The van der Waals surface area contributed by atoms with Crippen molar-refractivity contribution >= 4 is 5.82 Å². The van der Waals surface area contributed by atoms with Crippen LogP contribution in [0.5, 0.6) is 0 Å². The summed E-state index contributed by atoms with van der Waals surface area (Å²) in [4.78, 5) is 11.3. The Balaban J connectivity index is 2.06. The Hall–Kier alpha value is -1.94. The minimum Gasteiger partial charge on any atom is -0.382 e. The summed E-state index contributed by atoms with van der Waals surface area (Å²) in [7, 11) is 2.18. The van der Waals surface area contributed by atoms with E-state index in [2.05, 4.69) is 47.9 Å². The molecule has 2 N–H and O–H groups in total. The average molecular weight is 282 g/mol. The highest BCUT2D eigenvalue weighted by atomic mass is 15.1. The van der Waals surface area contributed by atoms with Crippen molar-refractivity contribution in [3.8, 4) is 11.3 Å². The van der Waals surface area contributed by atoms with Crippen LogP contribution in [0.15, 0.2) is 18.3 Å². The van der Waals surface area contributed by atoms with Crippen LogP contribution in [-0.4, -0.2) is 28.5 Å². The highest BCUT2D eigenvalue weighted by Gasteiger charge is 2.17. The average Bonchev–Trinajstić information content (AvgIpc) is 2.48. The van der Waals surface area contributed by atoms with Crippen LogP contribution in [-0.2, 0) is 19.4 Å². The van der Waals surface area contributed by atoms with Gasteiger partial charge in [0.05, 0.1) is 17.6 Å². The second-order valence-electron chi connectivity index (χ2n) is 5.86. The molecule has 1 aliphatic heterocycles. The normalized spacial score (nSPS) is 15.0. The van der Waals surface area contributed by atoms with Gasteiger partial charge >= 0.3 is 0 Å². The second-order valence-corrected chi connectivity index (χ2v) is 5.86. The molecule has 0 bridgehead atoms. The molecule has 4 nitrogen and oxygen atoms in total. The van der Waals surface area contributed by atoms with Crippen LogP contribution in [0, 0.1) is 6.92 Å². The first kappa shape index (κ1) is 14.0. The minimum absolute atomic E-state index is 0.539. The molecule has 1 aliphatic rings. The van der Waals surface area contributed by atoms with Crippen molar-refractivity contribution < 1.29 is 0 Å². The van der Waals surface area contributed by atoms with E-state index in [0.717, 1.165) is 42.9 Å². The Bertz CT molecular complexity index is 679. The quantitative estimate of drug-likeness (QED) is 0.920. The van der Waals surface area contributed by atoms with Crippen LogP contribution < -0.4 is 5.73 Å². The summed E-state index contributed by atoms with van der Waals surface area (Å²) in [5.41, 5.74) is 13.1. The molecule has 3 rings (SSSR count). The van der Waals surface area contributed by atoms with Crippen molar-refractivity contribution in [1.29, 1.82) is 0 Å². The van der Waals surface area contributed by atoms with E-state index >= 15 is 0 Å². The lowest BCUT2D eigenvalue weighted by Gasteiger charge is -2.27. The van der Waals surface area contributed by atoms with Gasteiger partial charge in [-0.2, -0.15) is 0 Å². The number of aromatic nitrogens is 2. The summed E-state index contributed by atoms with van der Waals surface area (Å²) in [5.74, 6) is 0.539. The molecule has 2 aromatic rings. The largest absolute Gasteiger partial charge is 0.382 e. The van der Waals surface area contributed by atoms with Gasteiger partial charge in [-0.25, -0.2) is 9.97 Å². The van der Waals surface area contributed by atoms with E-state index in [0.29, 0.717) is 5.82 Å². The molecule has 0 fully saturated rings. The summed E-state index contributed by atoms with van der Waals surface area (Å²) in [5, 5.41) is 0. The van der Waals surface area contributed by atoms with E-state index in [1.165, 1.54) is 16.7 Å². The molecule has 0 saturated heterocycles. The van der Waals surface area contributed by atoms with E-state index in [4.69, 9.17) is 5.73 Å². The van der Waals surface area contributed by atoms with Gasteiger partial charge in [-0.3, -0.25) is 0 Å². The molecule has 0 saturated carbocycles. The first-order valence-electron chi connectivity index (χ1n) is 7.51. The molecule has 0 radical (unpaired) electrons. The first-order valence-corrected chi connectivity index (χ1v) is 7.51. The molecule has 0 aliphatic carbocycles. The van der Waals surface area contributed by atoms with Crippen molar-refractivity contribution in [3.63, 3.8) is 0 Å². The highest BCUT2D eigenvalue weighted by Crippen LogP contribution is 2.28. The van der Waals surface area contributed by atoms with Gasteiger partial charge in [0, 0.05) is 18.7 Å². The number of nitrogens with zero attached hydrogens (tertiary/aromatic N) is 3. The molecule has 0 unspecified atom stereocenters. The van der Waals surface area contributed by atoms with Gasteiger partial charge in [-0.15, -0.1) is 0 Å². The Kier molecular flexibility index (Phi) is 3.64. The number of aryl methyl sites for hydroxylation is 2. The van der Waals surface area contributed by atoms with Crippen LogP contribution in [0.25, 0.3) is 11.3 Å². The number of fused-ring (bicyclic) bond motifs is 1.